The van der Waals surface area contributed by atoms with E-state index in [1.54, 1.807) is 0 Å². The van der Waals surface area contributed by atoms with Gasteiger partial charge in [-0.3, -0.25) is 18.8 Å². The molecule has 0 spiro atoms. The Bertz CT molecular complexity index is 1290. The van der Waals surface area contributed by atoms with Crippen LogP contribution in [0, 0.1) is 10.1 Å². The lowest BCUT2D eigenvalue weighted by atomic mass is 10.2. The van der Waals surface area contributed by atoms with Crippen LogP contribution in [-0.2, 0) is 36.7 Å². The van der Waals surface area contributed by atoms with Crippen molar-refractivity contribution in [1.82, 2.24) is 23.6 Å². The number of nitro groups is 1. The van der Waals surface area contributed by atoms with Gasteiger partial charge in [0, 0.05) is 40.3 Å². The van der Waals surface area contributed by atoms with Crippen LogP contribution in [0.3, 0.4) is 0 Å². The number of rotatable bonds is 10. The summed E-state index contributed by atoms with van der Waals surface area (Å²) in [4.78, 5) is 42.4. The molecule has 1 aromatic carbocycles. The molecule has 3 aromatic rings. The van der Waals surface area contributed by atoms with Gasteiger partial charge >= 0.3 is 11.6 Å². The molecule has 1 saturated heterocycles. The van der Waals surface area contributed by atoms with E-state index >= 15 is 0 Å². The third kappa shape index (κ3) is 5.50. The number of benzene rings is 1. The maximum Gasteiger partial charge on any atom is 0.437 e. The molecule has 2 aromatic heterocycles. The Morgan fingerprint density at radius 1 is 1.17 bits per heavy atom. The van der Waals surface area contributed by atoms with Crippen molar-refractivity contribution in [2.75, 3.05) is 26.3 Å². The summed E-state index contributed by atoms with van der Waals surface area (Å²) >= 11 is 0. The van der Waals surface area contributed by atoms with Gasteiger partial charge in [0.05, 0.1) is 13.2 Å². The Kier molecular flexibility index (Phi) is 7.73. The molecular formula is C23H30N6O6. The number of nitrogens with zero attached hydrogens (tertiary/aromatic N) is 6. The number of imidazole rings is 1. The predicted molar refractivity (Wildman–Crippen MR) is 128 cm³/mol. The largest absolute Gasteiger partial charge is 0.437 e. The molecule has 1 atom stereocenters. The van der Waals surface area contributed by atoms with E-state index in [-0.39, 0.29) is 24.0 Å². The van der Waals surface area contributed by atoms with E-state index in [1.807, 2.05) is 30.3 Å². The molecule has 0 radical (unpaired) electrons. The summed E-state index contributed by atoms with van der Waals surface area (Å²) in [5, 5.41) is 11.7. The average molecular weight is 487 g/mol. The molecule has 0 N–H and O–H groups in total. The van der Waals surface area contributed by atoms with Crippen molar-refractivity contribution in [1.29, 1.82) is 0 Å². The SMILES string of the molecule is Cn1c(=O)c2c(nc([N+](=O)[O-])n2CCN(CCOC2CCCCO2)Cc2ccccc2)n(C)c1=O. The van der Waals surface area contributed by atoms with E-state index in [0.29, 0.717) is 32.8 Å². The number of ether oxygens (including phenoxy) is 2. The van der Waals surface area contributed by atoms with Crippen LogP contribution < -0.4 is 11.2 Å². The zero-order valence-electron chi connectivity index (χ0n) is 20.0. The fourth-order valence-electron chi connectivity index (χ4n) is 4.30. The minimum Gasteiger partial charge on any atom is -0.390 e. The molecule has 12 heteroatoms. The summed E-state index contributed by atoms with van der Waals surface area (Å²) in [5.74, 6) is -0.468. The lowest BCUT2D eigenvalue weighted by Crippen LogP contribution is -2.38. The highest BCUT2D eigenvalue weighted by molar-refractivity contribution is 5.72. The summed E-state index contributed by atoms with van der Waals surface area (Å²) < 4.78 is 14.9. The van der Waals surface area contributed by atoms with Crippen LogP contribution in [0.2, 0.25) is 0 Å². The molecule has 1 aliphatic heterocycles. The quantitative estimate of drug-likeness (QED) is 0.311. The smallest absolute Gasteiger partial charge is 0.390 e. The molecule has 1 fully saturated rings. The first kappa shape index (κ1) is 24.8. The minimum absolute atomic E-state index is 0.00260. The van der Waals surface area contributed by atoms with Gasteiger partial charge in [-0.1, -0.05) is 30.3 Å². The van der Waals surface area contributed by atoms with Crippen molar-refractivity contribution in [2.24, 2.45) is 14.1 Å². The van der Waals surface area contributed by atoms with Crippen LogP contribution in [-0.4, -0.2) is 61.1 Å². The highest BCUT2D eigenvalue weighted by Crippen LogP contribution is 2.18. The molecule has 3 heterocycles. The van der Waals surface area contributed by atoms with E-state index < -0.39 is 22.1 Å². The van der Waals surface area contributed by atoms with E-state index in [4.69, 9.17) is 9.47 Å². The molecule has 1 unspecified atom stereocenters. The zero-order chi connectivity index (χ0) is 24.9. The Morgan fingerprint density at radius 3 is 2.63 bits per heavy atom. The van der Waals surface area contributed by atoms with Gasteiger partial charge in [-0.05, 0) is 34.7 Å². The summed E-state index contributed by atoms with van der Waals surface area (Å²) in [6.45, 7) is 2.88. The molecule has 0 aliphatic carbocycles. The van der Waals surface area contributed by atoms with Crippen molar-refractivity contribution in [3.8, 4) is 0 Å². The normalized spacial score (nSPS) is 16.3. The fraction of sp³-hybridized carbons (Fsp3) is 0.522. The van der Waals surface area contributed by atoms with E-state index in [2.05, 4.69) is 9.88 Å². The number of hydrogen-bond donors (Lipinski definition) is 0. The van der Waals surface area contributed by atoms with Gasteiger partial charge in [0.1, 0.15) is 0 Å². The second-order valence-corrected chi connectivity index (χ2v) is 8.63. The molecule has 1 aliphatic rings. The van der Waals surface area contributed by atoms with Gasteiger partial charge in [-0.2, -0.15) is 0 Å². The van der Waals surface area contributed by atoms with Crippen LogP contribution >= 0.6 is 0 Å². The topological polar surface area (TPSA) is 127 Å². The fourth-order valence-corrected chi connectivity index (χ4v) is 4.30. The van der Waals surface area contributed by atoms with E-state index in [0.717, 1.165) is 34.0 Å². The summed E-state index contributed by atoms with van der Waals surface area (Å²) in [5.41, 5.74) is -0.0827. The zero-order valence-corrected chi connectivity index (χ0v) is 20.0. The number of aromatic nitrogens is 4. The highest BCUT2D eigenvalue weighted by atomic mass is 16.7. The molecule has 188 valence electrons. The number of fused-ring (bicyclic) bond motifs is 1. The Hall–Kier alpha value is -3.35. The Morgan fingerprint density at radius 2 is 1.94 bits per heavy atom. The maximum atomic E-state index is 12.9. The predicted octanol–water partition coefficient (Wildman–Crippen LogP) is 1.39. The third-order valence-corrected chi connectivity index (χ3v) is 6.23. The molecule has 35 heavy (non-hydrogen) atoms. The van der Waals surface area contributed by atoms with Crippen molar-refractivity contribution in [3.05, 3.63) is 66.8 Å². The van der Waals surface area contributed by atoms with Crippen molar-refractivity contribution in [2.45, 2.75) is 38.6 Å². The van der Waals surface area contributed by atoms with Crippen molar-refractivity contribution < 1.29 is 14.4 Å². The molecule has 12 nitrogen and oxygen atoms in total. The number of aryl methyl sites for hydroxylation is 1. The first-order chi connectivity index (χ1) is 16.9. The van der Waals surface area contributed by atoms with Gasteiger partial charge < -0.3 is 19.6 Å². The lowest BCUT2D eigenvalue weighted by Gasteiger charge is -2.26. The average Bonchev–Trinajstić information content (AvgIpc) is 3.26. The lowest BCUT2D eigenvalue weighted by molar-refractivity contribution is -0.396. The molecule has 4 rings (SSSR count). The Balaban J connectivity index is 1.57. The van der Waals surface area contributed by atoms with Crippen LogP contribution in [0.4, 0.5) is 5.95 Å². The van der Waals surface area contributed by atoms with Crippen LogP contribution in [0.5, 0.6) is 0 Å². The van der Waals surface area contributed by atoms with Gasteiger partial charge in [-0.25, -0.2) is 9.36 Å². The second-order valence-electron chi connectivity index (χ2n) is 8.63. The monoisotopic (exact) mass is 486 g/mol. The second kappa shape index (κ2) is 10.9. The van der Waals surface area contributed by atoms with Crippen LogP contribution in [0.1, 0.15) is 24.8 Å². The van der Waals surface area contributed by atoms with Gasteiger partial charge in [0.2, 0.25) is 5.52 Å². The van der Waals surface area contributed by atoms with Crippen LogP contribution in [0.15, 0.2) is 39.9 Å². The maximum absolute atomic E-state index is 12.9. The molecule has 0 bridgehead atoms. The van der Waals surface area contributed by atoms with Gasteiger partial charge in [0.15, 0.2) is 6.29 Å². The van der Waals surface area contributed by atoms with E-state index in [1.165, 1.54) is 18.7 Å². The molecule has 0 saturated carbocycles. The number of hydrogen-bond acceptors (Lipinski definition) is 8. The Labute approximate surface area is 201 Å². The standard InChI is InChI=1S/C23H30N6O6/c1-25-20-19(21(30)26(2)23(25)31)28(22(24-20)29(32)33)12-11-27(16-17-8-4-3-5-9-17)13-15-35-18-10-6-7-14-34-18/h3-5,8-9,18H,6-7,10-16H2,1-2H3. The summed E-state index contributed by atoms with van der Waals surface area (Å²) in [6.07, 6.45) is 2.79. The van der Waals surface area contributed by atoms with Crippen molar-refractivity contribution in [3.63, 3.8) is 0 Å². The van der Waals surface area contributed by atoms with E-state index in [9.17, 15) is 19.7 Å². The van der Waals surface area contributed by atoms with Crippen LogP contribution in [0.25, 0.3) is 11.2 Å². The highest BCUT2D eigenvalue weighted by Gasteiger charge is 2.28. The molecular weight excluding hydrogens is 456 g/mol. The minimum atomic E-state index is -0.630. The first-order valence-electron chi connectivity index (χ1n) is 11.7. The van der Waals surface area contributed by atoms with Gasteiger partial charge in [-0.15, -0.1) is 0 Å². The summed E-state index contributed by atoms with van der Waals surface area (Å²) in [7, 11) is 2.79. The van der Waals surface area contributed by atoms with Gasteiger partial charge in [0.25, 0.3) is 11.2 Å². The summed E-state index contributed by atoms with van der Waals surface area (Å²) in [6, 6.07) is 9.88. The van der Waals surface area contributed by atoms with Crippen molar-refractivity contribution >= 4 is 17.1 Å². The third-order valence-electron chi connectivity index (χ3n) is 6.23. The molecule has 0 amide bonds. The first-order valence-corrected chi connectivity index (χ1v) is 11.7.